The second-order valence-electron chi connectivity index (χ2n) is 8.34. The lowest BCUT2D eigenvalue weighted by molar-refractivity contribution is -0.0773. The number of nitrogens with one attached hydrogen (secondary N) is 1. The summed E-state index contributed by atoms with van der Waals surface area (Å²) in [6.07, 6.45) is 2.55. The molecule has 0 radical (unpaired) electrons. The van der Waals surface area contributed by atoms with Crippen molar-refractivity contribution in [1.29, 1.82) is 0 Å². The minimum absolute atomic E-state index is 0.0448. The molecule has 138 valence electrons. The summed E-state index contributed by atoms with van der Waals surface area (Å²) in [6.45, 7) is 15.6. The normalized spacial score (nSPS) is 32.2. The Bertz CT molecular complexity index is 431. The largest absolute Gasteiger partial charge is 0.372 e. The average molecular weight is 338 g/mol. The highest BCUT2D eigenvalue weighted by Crippen LogP contribution is 2.20. The van der Waals surface area contributed by atoms with Gasteiger partial charge in [0.1, 0.15) is 0 Å². The molecule has 4 saturated heterocycles. The summed E-state index contributed by atoms with van der Waals surface area (Å²) >= 11 is 0. The summed E-state index contributed by atoms with van der Waals surface area (Å²) in [5.41, 5.74) is -0.0448. The molecule has 1 atom stereocenters. The minimum atomic E-state index is -0.0448. The number of guanidine groups is 1. The van der Waals surface area contributed by atoms with Crippen molar-refractivity contribution < 1.29 is 4.74 Å². The van der Waals surface area contributed by atoms with E-state index >= 15 is 0 Å². The molecule has 0 saturated carbocycles. The van der Waals surface area contributed by atoms with Crippen LogP contribution in [0.2, 0.25) is 0 Å². The lowest BCUT2D eigenvalue weighted by Crippen LogP contribution is -2.64. The fraction of sp³-hybridized carbons (Fsp3) is 0.944. The number of hydrogen-bond donors (Lipinski definition) is 1. The first-order valence-corrected chi connectivity index (χ1v) is 9.54. The zero-order chi connectivity index (χ0) is 17.2. The van der Waals surface area contributed by atoms with Crippen LogP contribution in [0.3, 0.4) is 0 Å². The van der Waals surface area contributed by atoms with E-state index < -0.39 is 0 Å². The van der Waals surface area contributed by atoms with E-state index in [0.29, 0.717) is 12.1 Å². The summed E-state index contributed by atoms with van der Waals surface area (Å²) < 4.78 is 6.13. The highest BCUT2D eigenvalue weighted by atomic mass is 16.5. The smallest absolute Gasteiger partial charge is 0.193 e. The number of likely N-dealkylation sites (tertiary alicyclic amines) is 1. The van der Waals surface area contributed by atoms with Gasteiger partial charge in [0, 0.05) is 65.4 Å². The molecule has 0 amide bonds. The van der Waals surface area contributed by atoms with E-state index in [1.807, 2.05) is 7.05 Å². The third kappa shape index (κ3) is 4.61. The van der Waals surface area contributed by atoms with Crippen LogP contribution in [0.15, 0.2) is 4.99 Å². The van der Waals surface area contributed by atoms with Gasteiger partial charge in [0.15, 0.2) is 5.96 Å². The van der Waals surface area contributed by atoms with Crippen LogP contribution in [0.25, 0.3) is 0 Å². The molecular formula is C18H35N5O. The molecule has 4 aliphatic heterocycles. The van der Waals surface area contributed by atoms with Crippen molar-refractivity contribution in [3.05, 3.63) is 0 Å². The molecule has 6 heteroatoms. The molecule has 0 aliphatic carbocycles. The summed E-state index contributed by atoms with van der Waals surface area (Å²) in [5, 5.41) is 3.62. The van der Waals surface area contributed by atoms with Crippen LogP contribution < -0.4 is 5.32 Å². The SMILES string of the molecule is CN=C(NCC1CN2CCN1CC2)N1CCC(OC(C)(C)C)CC1. The van der Waals surface area contributed by atoms with Gasteiger partial charge in [-0.25, -0.2) is 0 Å². The maximum Gasteiger partial charge on any atom is 0.193 e. The monoisotopic (exact) mass is 337 g/mol. The van der Waals surface area contributed by atoms with Crippen molar-refractivity contribution in [3.63, 3.8) is 0 Å². The maximum atomic E-state index is 6.13. The highest BCUT2D eigenvalue weighted by Gasteiger charge is 2.32. The average Bonchev–Trinajstić information content (AvgIpc) is 2.56. The molecule has 4 fully saturated rings. The molecule has 4 heterocycles. The van der Waals surface area contributed by atoms with Gasteiger partial charge in [-0.2, -0.15) is 0 Å². The van der Waals surface area contributed by atoms with E-state index in [1.165, 1.54) is 32.7 Å². The lowest BCUT2D eigenvalue weighted by Gasteiger charge is -2.47. The molecule has 0 aromatic carbocycles. The molecule has 1 unspecified atom stereocenters. The maximum absolute atomic E-state index is 6.13. The van der Waals surface area contributed by atoms with Crippen molar-refractivity contribution in [1.82, 2.24) is 20.0 Å². The Balaban J connectivity index is 1.44. The number of piperazine rings is 3. The molecule has 2 bridgehead atoms. The number of hydrogen-bond acceptors (Lipinski definition) is 4. The quantitative estimate of drug-likeness (QED) is 0.611. The van der Waals surface area contributed by atoms with Gasteiger partial charge in [0.25, 0.3) is 0 Å². The van der Waals surface area contributed by atoms with E-state index in [1.54, 1.807) is 0 Å². The molecule has 1 N–H and O–H groups in total. The summed E-state index contributed by atoms with van der Waals surface area (Å²) in [5.74, 6) is 1.06. The predicted molar refractivity (Wildman–Crippen MR) is 98.6 cm³/mol. The summed E-state index contributed by atoms with van der Waals surface area (Å²) in [6, 6.07) is 0.631. The molecule has 0 aromatic rings. The Morgan fingerprint density at radius 3 is 2.25 bits per heavy atom. The first kappa shape index (κ1) is 18.0. The fourth-order valence-electron chi connectivity index (χ4n) is 4.15. The molecule has 0 aromatic heterocycles. The van der Waals surface area contributed by atoms with E-state index in [4.69, 9.17) is 4.74 Å². The molecular weight excluding hydrogens is 302 g/mol. The number of ether oxygens (including phenoxy) is 1. The number of piperidine rings is 1. The van der Waals surface area contributed by atoms with Gasteiger partial charge in [0.2, 0.25) is 0 Å². The van der Waals surface area contributed by atoms with Gasteiger partial charge >= 0.3 is 0 Å². The Hall–Kier alpha value is -0.850. The summed E-state index contributed by atoms with van der Waals surface area (Å²) in [4.78, 5) is 12.1. The van der Waals surface area contributed by atoms with Crippen molar-refractivity contribution in [2.45, 2.75) is 51.4 Å². The van der Waals surface area contributed by atoms with E-state index in [-0.39, 0.29) is 5.60 Å². The number of nitrogens with zero attached hydrogens (tertiary/aromatic N) is 4. The van der Waals surface area contributed by atoms with Crippen LogP contribution in [0, 0.1) is 0 Å². The Morgan fingerprint density at radius 2 is 1.75 bits per heavy atom. The van der Waals surface area contributed by atoms with Crippen molar-refractivity contribution in [3.8, 4) is 0 Å². The van der Waals surface area contributed by atoms with Crippen LogP contribution in [0.4, 0.5) is 0 Å². The third-order valence-electron chi connectivity index (χ3n) is 5.36. The van der Waals surface area contributed by atoms with Crippen LogP contribution in [0.5, 0.6) is 0 Å². The van der Waals surface area contributed by atoms with Gasteiger partial charge in [-0.3, -0.25) is 14.8 Å². The van der Waals surface area contributed by atoms with Gasteiger partial charge in [0.05, 0.1) is 11.7 Å². The van der Waals surface area contributed by atoms with E-state index in [2.05, 4.69) is 45.8 Å². The zero-order valence-electron chi connectivity index (χ0n) is 15.9. The number of fused-ring (bicyclic) bond motifs is 3. The summed E-state index contributed by atoms with van der Waals surface area (Å²) in [7, 11) is 1.90. The lowest BCUT2D eigenvalue weighted by atomic mass is 10.1. The van der Waals surface area contributed by atoms with Crippen molar-refractivity contribution >= 4 is 5.96 Å². The number of aliphatic imine (C=N–C) groups is 1. The van der Waals surface area contributed by atoms with Gasteiger partial charge in [-0.1, -0.05) is 0 Å². The Morgan fingerprint density at radius 1 is 1.08 bits per heavy atom. The molecule has 6 nitrogen and oxygen atoms in total. The number of rotatable bonds is 3. The second-order valence-corrected chi connectivity index (χ2v) is 8.34. The second kappa shape index (κ2) is 7.58. The van der Waals surface area contributed by atoms with Crippen LogP contribution in [-0.2, 0) is 4.74 Å². The predicted octanol–water partition coefficient (Wildman–Crippen LogP) is 0.841. The van der Waals surface area contributed by atoms with Gasteiger partial charge in [-0.15, -0.1) is 0 Å². The van der Waals surface area contributed by atoms with Crippen LogP contribution >= 0.6 is 0 Å². The van der Waals surface area contributed by atoms with Gasteiger partial charge < -0.3 is 15.0 Å². The molecule has 0 spiro atoms. The first-order chi connectivity index (χ1) is 11.4. The Labute approximate surface area is 147 Å². The van der Waals surface area contributed by atoms with E-state index in [0.717, 1.165) is 38.4 Å². The van der Waals surface area contributed by atoms with Crippen LogP contribution in [0.1, 0.15) is 33.6 Å². The van der Waals surface area contributed by atoms with E-state index in [9.17, 15) is 0 Å². The topological polar surface area (TPSA) is 43.3 Å². The highest BCUT2D eigenvalue weighted by molar-refractivity contribution is 5.80. The third-order valence-corrected chi connectivity index (χ3v) is 5.36. The fourth-order valence-corrected chi connectivity index (χ4v) is 4.15. The first-order valence-electron chi connectivity index (χ1n) is 9.54. The molecule has 24 heavy (non-hydrogen) atoms. The Kier molecular flexibility index (Phi) is 5.67. The van der Waals surface area contributed by atoms with Crippen LogP contribution in [-0.4, -0.2) is 97.8 Å². The standard InChI is InChI=1S/C18H35N5O/c1-18(2,3)24-16-5-7-23(8-6-16)17(19-4)20-13-15-14-21-9-11-22(15)12-10-21/h15-16H,5-14H2,1-4H3,(H,19,20). The van der Waals surface area contributed by atoms with Crippen molar-refractivity contribution in [2.24, 2.45) is 4.99 Å². The molecule has 4 rings (SSSR count). The minimum Gasteiger partial charge on any atom is -0.372 e. The molecule has 4 aliphatic rings. The van der Waals surface area contributed by atoms with Crippen molar-refractivity contribution in [2.75, 3.05) is 59.4 Å². The van der Waals surface area contributed by atoms with Gasteiger partial charge in [-0.05, 0) is 33.6 Å². The zero-order valence-corrected chi connectivity index (χ0v) is 15.9.